The van der Waals surface area contributed by atoms with Crippen LogP contribution in [0.5, 0.6) is 0 Å². The molecular formula is C12H16ClN3O4. The molecule has 2 N–H and O–H groups in total. The second-order valence-corrected chi connectivity index (χ2v) is 5.01. The van der Waals surface area contributed by atoms with Crippen molar-refractivity contribution in [1.29, 1.82) is 0 Å². The number of hydrogen-bond acceptors (Lipinski definition) is 5. The molecule has 0 aliphatic heterocycles. The summed E-state index contributed by atoms with van der Waals surface area (Å²) < 4.78 is 0. The van der Waals surface area contributed by atoms with E-state index >= 15 is 0 Å². The SMILES string of the molecule is CCC(C)(CCO)NC(=O)c1cc(Cl)ncc1[N+](=O)[O-]. The van der Waals surface area contributed by atoms with Gasteiger partial charge in [-0.1, -0.05) is 18.5 Å². The lowest BCUT2D eigenvalue weighted by molar-refractivity contribution is -0.385. The third kappa shape index (κ3) is 3.88. The Morgan fingerprint density at radius 3 is 2.80 bits per heavy atom. The van der Waals surface area contributed by atoms with Crippen molar-refractivity contribution in [2.24, 2.45) is 0 Å². The van der Waals surface area contributed by atoms with Crippen molar-refractivity contribution in [2.45, 2.75) is 32.2 Å². The maximum atomic E-state index is 12.2. The van der Waals surface area contributed by atoms with Crippen LogP contribution in [0.3, 0.4) is 0 Å². The number of aliphatic hydroxyl groups is 1. The minimum absolute atomic E-state index is 0.00103. The number of carbonyl (C=O) groups is 1. The third-order valence-corrected chi connectivity index (χ3v) is 3.36. The lowest BCUT2D eigenvalue weighted by Crippen LogP contribution is -2.46. The highest BCUT2D eigenvalue weighted by Gasteiger charge is 2.28. The quantitative estimate of drug-likeness (QED) is 0.474. The van der Waals surface area contributed by atoms with Crippen molar-refractivity contribution in [1.82, 2.24) is 10.3 Å². The fourth-order valence-electron chi connectivity index (χ4n) is 1.67. The summed E-state index contributed by atoms with van der Waals surface area (Å²) in [5.74, 6) is -0.612. The number of amides is 1. The molecule has 0 saturated heterocycles. The van der Waals surface area contributed by atoms with Gasteiger partial charge in [-0.3, -0.25) is 14.9 Å². The van der Waals surface area contributed by atoms with Gasteiger partial charge in [-0.25, -0.2) is 4.98 Å². The van der Waals surface area contributed by atoms with E-state index in [2.05, 4.69) is 10.3 Å². The molecule has 0 spiro atoms. The predicted molar refractivity (Wildman–Crippen MR) is 73.8 cm³/mol. The van der Waals surface area contributed by atoms with E-state index in [0.717, 1.165) is 12.3 Å². The Kier molecular flexibility index (Phi) is 5.41. The van der Waals surface area contributed by atoms with Crippen molar-refractivity contribution >= 4 is 23.2 Å². The van der Waals surface area contributed by atoms with E-state index in [1.54, 1.807) is 6.92 Å². The topological polar surface area (TPSA) is 105 Å². The molecule has 1 amide bonds. The molecule has 1 unspecified atom stereocenters. The molecule has 1 aromatic rings. The Morgan fingerprint density at radius 2 is 2.30 bits per heavy atom. The number of nitrogens with one attached hydrogen (secondary N) is 1. The van der Waals surface area contributed by atoms with Crippen molar-refractivity contribution in [3.8, 4) is 0 Å². The van der Waals surface area contributed by atoms with E-state index in [1.165, 1.54) is 0 Å². The molecule has 0 radical (unpaired) electrons. The van der Waals surface area contributed by atoms with E-state index in [-0.39, 0.29) is 17.3 Å². The van der Waals surface area contributed by atoms with Crippen LogP contribution in [-0.2, 0) is 0 Å². The van der Waals surface area contributed by atoms with Gasteiger partial charge in [0.1, 0.15) is 16.9 Å². The highest BCUT2D eigenvalue weighted by molar-refractivity contribution is 6.29. The standard InChI is InChI=1S/C12H16ClN3O4/c1-3-12(2,4-5-17)15-11(18)8-6-10(13)14-7-9(8)16(19)20/h6-7,17H,3-5H2,1-2H3,(H,15,18). The summed E-state index contributed by atoms with van der Waals surface area (Å²) in [4.78, 5) is 26.0. The first-order valence-corrected chi connectivity index (χ1v) is 6.44. The van der Waals surface area contributed by atoms with E-state index < -0.39 is 22.1 Å². The molecule has 8 heteroatoms. The van der Waals surface area contributed by atoms with Gasteiger partial charge < -0.3 is 10.4 Å². The molecule has 0 saturated carbocycles. The lowest BCUT2D eigenvalue weighted by atomic mass is 9.94. The van der Waals surface area contributed by atoms with E-state index in [9.17, 15) is 14.9 Å². The van der Waals surface area contributed by atoms with Gasteiger partial charge in [0.15, 0.2) is 0 Å². The van der Waals surface area contributed by atoms with Crippen LogP contribution in [0.25, 0.3) is 0 Å². The molecule has 1 rings (SSSR count). The maximum absolute atomic E-state index is 12.2. The van der Waals surface area contributed by atoms with E-state index in [4.69, 9.17) is 16.7 Å². The monoisotopic (exact) mass is 301 g/mol. The minimum Gasteiger partial charge on any atom is -0.396 e. The summed E-state index contributed by atoms with van der Waals surface area (Å²) in [5, 5.41) is 22.6. The Hall–Kier alpha value is -1.73. The molecular weight excluding hydrogens is 286 g/mol. The van der Waals surface area contributed by atoms with Gasteiger partial charge in [-0.15, -0.1) is 0 Å². The first kappa shape index (κ1) is 16.3. The predicted octanol–water partition coefficient (Wildman–Crippen LogP) is 1.92. The fourth-order valence-corrected chi connectivity index (χ4v) is 1.82. The normalized spacial score (nSPS) is 13.6. The molecule has 1 aromatic heterocycles. The number of pyridine rings is 1. The molecule has 1 atom stereocenters. The molecule has 0 aliphatic carbocycles. The molecule has 0 aliphatic rings. The van der Waals surface area contributed by atoms with E-state index in [0.29, 0.717) is 12.8 Å². The summed E-state index contributed by atoms with van der Waals surface area (Å²) in [6, 6.07) is 1.16. The number of hydrogen-bond donors (Lipinski definition) is 2. The second-order valence-electron chi connectivity index (χ2n) is 4.62. The molecule has 20 heavy (non-hydrogen) atoms. The van der Waals surface area contributed by atoms with Crippen LogP contribution in [-0.4, -0.2) is 33.1 Å². The zero-order chi connectivity index (χ0) is 15.3. The van der Waals surface area contributed by atoms with Crippen LogP contribution in [0.1, 0.15) is 37.0 Å². The molecule has 0 aromatic carbocycles. The van der Waals surface area contributed by atoms with Gasteiger partial charge in [-0.2, -0.15) is 0 Å². The highest BCUT2D eigenvalue weighted by atomic mass is 35.5. The van der Waals surface area contributed by atoms with Crippen molar-refractivity contribution in [3.63, 3.8) is 0 Å². The molecule has 110 valence electrons. The largest absolute Gasteiger partial charge is 0.396 e. The summed E-state index contributed by atoms with van der Waals surface area (Å²) in [7, 11) is 0. The molecule has 0 bridgehead atoms. The van der Waals surface area contributed by atoms with Crippen LogP contribution in [0.15, 0.2) is 12.3 Å². The molecule has 0 fully saturated rings. The van der Waals surface area contributed by atoms with Crippen molar-refractivity contribution in [3.05, 3.63) is 33.1 Å². The summed E-state index contributed by atoms with van der Waals surface area (Å²) >= 11 is 5.68. The zero-order valence-electron chi connectivity index (χ0n) is 11.2. The van der Waals surface area contributed by atoms with Crippen molar-refractivity contribution in [2.75, 3.05) is 6.61 Å². The smallest absolute Gasteiger partial charge is 0.300 e. The first-order chi connectivity index (χ1) is 9.33. The van der Waals surface area contributed by atoms with Gasteiger partial charge in [0, 0.05) is 12.1 Å². The Bertz CT molecular complexity index is 523. The van der Waals surface area contributed by atoms with Gasteiger partial charge in [0.2, 0.25) is 0 Å². The number of aliphatic hydroxyl groups excluding tert-OH is 1. The number of rotatable bonds is 6. The third-order valence-electron chi connectivity index (χ3n) is 3.15. The summed E-state index contributed by atoms with van der Waals surface area (Å²) in [5.41, 5.74) is -1.20. The summed E-state index contributed by atoms with van der Waals surface area (Å²) in [6.45, 7) is 3.52. The van der Waals surface area contributed by atoms with Gasteiger partial charge in [0.25, 0.3) is 11.6 Å². The number of nitro groups is 1. The Morgan fingerprint density at radius 1 is 1.65 bits per heavy atom. The van der Waals surface area contributed by atoms with E-state index in [1.807, 2.05) is 6.92 Å². The average Bonchev–Trinajstić information content (AvgIpc) is 2.38. The molecule has 1 heterocycles. The van der Waals surface area contributed by atoms with Crippen molar-refractivity contribution < 1.29 is 14.8 Å². The minimum atomic E-state index is -0.687. The van der Waals surface area contributed by atoms with Crippen LogP contribution in [0.4, 0.5) is 5.69 Å². The number of carbonyl (C=O) groups excluding carboxylic acids is 1. The zero-order valence-corrected chi connectivity index (χ0v) is 12.0. The van der Waals surface area contributed by atoms with Crippen LogP contribution < -0.4 is 5.32 Å². The molecule has 7 nitrogen and oxygen atoms in total. The second kappa shape index (κ2) is 6.62. The maximum Gasteiger partial charge on any atom is 0.300 e. The Labute approximate surface area is 121 Å². The van der Waals surface area contributed by atoms with Gasteiger partial charge >= 0.3 is 0 Å². The van der Waals surface area contributed by atoms with Crippen LogP contribution in [0, 0.1) is 10.1 Å². The Balaban J connectivity index is 3.08. The lowest BCUT2D eigenvalue weighted by Gasteiger charge is -2.28. The van der Waals surface area contributed by atoms with Gasteiger partial charge in [-0.05, 0) is 25.8 Å². The summed E-state index contributed by atoms with van der Waals surface area (Å²) in [6.07, 6.45) is 1.88. The number of nitrogens with zero attached hydrogens (tertiary/aromatic N) is 2. The first-order valence-electron chi connectivity index (χ1n) is 6.06. The highest BCUT2D eigenvalue weighted by Crippen LogP contribution is 2.22. The fraction of sp³-hybridized carbons (Fsp3) is 0.500. The number of aromatic nitrogens is 1. The number of halogens is 1. The van der Waals surface area contributed by atoms with Crippen LogP contribution in [0.2, 0.25) is 5.15 Å². The van der Waals surface area contributed by atoms with Crippen LogP contribution >= 0.6 is 11.6 Å². The van der Waals surface area contributed by atoms with Gasteiger partial charge in [0.05, 0.1) is 4.92 Å². The average molecular weight is 302 g/mol.